The Hall–Kier alpha value is -5.60. The van der Waals surface area contributed by atoms with E-state index in [1.165, 1.54) is 13.8 Å². The van der Waals surface area contributed by atoms with E-state index in [9.17, 15) is 19.2 Å². The molecule has 0 radical (unpaired) electrons. The molecule has 4 heterocycles. The number of nitrogens with one attached hydrogen (secondary N) is 4. The molecule has 17 nitrogen and oxygen atoms in total. The predicted octanol–water partition coefficient (Wildman–Crippen LogP) is 3.35. The summed E-state index contributed by atoms with van der Waals surface area (Å²) in [6, 6.07) is 34.4. The van der Waals surface area contributed by atoms with Crippen molar-refractivity contribution in [3.8, 4) is 0 Å². The third-order valence-electron chi connectivity index (χ3n) is 11.8. The van der Waals surface area contributed by atoms with E-state index < -0.39 is 97.4 Å². The molecule has 17 heteroatoms. The summed E-state index contributed by atoms with van der Waals surface area (Å²) in [4.78, 5) is 52.7. The van der Waals surface area contributed by atoms with Gasteiger partial charge in [0.15, 0.2) is 18.8 Å². The van der Waals surface area contributed by atoms with Crippen molar-refractivity contribution in [1.29, 1.82) is 0 Å². The minimum Gasteiger partial charge on any atom is -0.465 e. The first-order valence-electron chi connectivity index (χ1n) is 22.6. The number of ether oxygens (including phenoxy) is 9. The standard InChI is InChI=1S/C50H58N4O13/c1-4-60-48(58)39-38(53-39)46(57)54-47-40(51-30(2)55)44(61-26-33-19-11-6-12-20-33)42(36(64-47)28-59-25-32-17-9-5-10-18-32)67-50-41(52-31(3)56)45(62-27-34-21-13-7-14-22-34)43-37(65-50)29-63-49(66-43)35-23-15-8-16-24-35/h5-24,36-45,47,49-50,53H,4,25-29H2,1-3H3,(H,51,55)(H,52,56)(H,54,57)/t36-,37-,38+,39+,40-,41-,42-,43-,44-,45-,47-,49-,50+/m1/s1. The van der Waals surface area contributed by atoms with Gasteiger partial charge in [0.05, 0.1) is 39.6 Å². The summed E-state index contributed by atoms with van der Waals surface area (Å²) >= 11 is 0. The zero-order valence-corrected chi connectivity index (χ0v) is 37.6. The van der Waals surface area contributed by atoms with Gasteiger partial charge in [-0.15, -0.1) is 0 Å². The fourth-order valence-electron chi connectivity index (χ4n) is 8.59. The fraction of sp³-hybridized carbons (Fsp3) is 0.440. The Labute approximate surface area is 389 Å². The second kappa shape index (κ2) is 22.9. The molecule has 4 aromatic rings. The van der Waals surface area contributed by atoms with Gasteiger partial charge < -0.3 is 58.6 Å². The first kappa shape index (κ1) is 47.9. The number of amides is 3. The number of carbonyl (C=O) groups excluding carboxylic acids is 4. The minimum atomic E-state index is -1.25. The molecule has 0 aromatic heterocycles. The molecule has 4 aliphatic heterocycles. The van der Waals surface area contributed by atoms with Crippen LogP contribution in [0.5, 0.6) is 0 Å². The summed E-state index contributed by atoms with van der Waals surface area (Å²) < 4.78 is 58.5. The Bertz CT molecular complexity index is 2230. The van der Waals surface area contributed by atoms with E-state index >= 15 is 0 Å². The highest BCUT2D eigenvalue weighted by Gasteiger charge is 2.56. The maximum Gasteiger partial charge on any atom is 0.325 e. The molecule has 0 spiro atoms. The lowest BCUT2D eigenvalue weighted by Gasteiger charge is -2.52. The normalized spacial score (nSPS) is 30.0. The van der Waals surface area contributed by atoms with Crippen LogP contribution in [-0.2, 0) is 81.6 Å². The monoisotopic (exact) mass is 922 g/mol. The molecular weight excluding hydrogens is 865 g/mol. The van der Waals surface area contributed by atoms with Crippen LogP contribution in [0.1, 0.15) is 49.3 Å². The van der Waals surface area contributed by atoms with Crippen LogP contribution in [-0.4, -0.2) is 117 Å². The minimum absolute atomic E-state index is 0.0610. The Morgan fingerprint density at radius 2 is 1.21 bits per heavy atom. The molecule has 4 fully saturated rings. The van der Waals surface area contributed by atoms with Gasteiger partial charge in [0.25, 0.3) is 0 Å². The predicted molar refractivity (Wildman–Crippen MR) is 239 cm³/mol. The Morgan fingerprint density at radius 1 is 0.642 bits per heavy atom. The highest BCUT2D eigenvalue weighted by Crippen LogP contribution is 2.38. The third-order valence-corrected chi connectivity index (χ3v) is 11.8. The quantitative estimate of drug-likeness (QED) is 0.0786. The molecule has 8 rings (SSSR count). The summed E-state index contributed by atoms with van der Waals surface area (Å²) in [5.41, 5.74) is 3.41. The molecule has 3 amide bonds. The van der Waals surface area contributed by atoms with Crippen molar-refractivity contribution >= 4 is 23.7 Å². The maximum atomic E-state index is 13.8. The van der Waals surface area contributed by atoms with Crippen molar-refractivity contribution in [2.45, 2.75) is 120 Å². The number of rotatable bonds is 19. The maximum absolute atomic E-state index is 13.8. The van der Waals surface area contributed by atoms with Crippen LogP contribution < -0.4 is 21.3 Å². The van der Waals surface area contributed by atoms with Crippen molar-refractivity contribution in [1.82, 2.24) is 21.3 Å². The van der Waals surface area contributed by atoms with E-state index in [4.69, 9.17) is 42.6 Å². The Kier molecular flexibility index (Phi) is 16.4. The highest BCUT2D eigenvalue weighted by atomic mass is 16.8. The molecule has 4 saturated heterocycles. The Balaban J connectivity index is 1.14. The zero-order chi connectivity index (χ0) is 46.7. The van der Waals surface area contributed by atoms with E-state index in [1.807, 2.05) is 121 Å². The molecule has 0 bridgehead atoms. The Morgan fingerprint density at radius 3 is 1.81 bits per heavy atom. The van der Waals surface area contributed by atoms with Crippen molar-refractivity contribution in [2.24, 2.45) is 0 Å². The van der Waals surface area contributed by atoms with Gasteiger partial charge in [0.1, 0.15) is 60.8 Å². The number of hydrogen-bond donors (Lipinski definition) is 4. The van der Waals surface area contributed by atoms with Gasteiger partial charge in [-0.25, -0.2) is 0 Å². The molecule has 0 unspecified atom stereocenters. The number of fused-ring (bicyclic) bond motifs is 1. The van der Waals surface area contributed by atoms with E-state index in [0.717, 1.165) is 22.3 Å². The van der Waals surface area contributed by atoms with Crippen LogP contribution >= 0.6 is 0 Å². The van der Waals surface area contributed by atoms with Crippen molar-refractivity contribution in [3.63, 3.8) is 0 Å². The summed E-state index contributed by atoms with van der Waals surface area (Å²) in [7, 11) is 0. The van der Waals surface area contributed by atoms with Crippen LogP contribution in [0, 0.1) is 0 Å². The van der Waals surface area contributed by atoms with Crippen LogP contribution in [0.2, 0.25) is 0 Å². The summed E-state index contributed by atoms with van der Waals surface area (Å²) in [5, 5.41) is 11.8. The molecule has 0 aliphatic carbocycles. The lowest BCUT2D eigenvalue weighted by molar-refractivity contribution is -0.366. The topological polar surface area (TPSA) is 209 Å². The second-order valence-electron chi connectivity index (χ2n) is 16.8. The van der Waals surface area contributed by atoms with Crippen molar-refractivity contribution in [3.05, 3.63) is 144 Å². The van der Waals surface area contributed by atoms with Gasteiger partial charge in [0, 0.05) is 19.4 Å². The van der Waals surface area contributed by atoms with Crippen molar-refractivity contribution < 1.29 is 61.8 Å². The van der Waals surface area contributed by atoms with Gasteiger partial charge in [-0.1, -0.05) is 121 Å². The third kappa shape index (κ3) is 12.5. The van der Waals surface area contributed by atoms with Gasteiger partial charge in [-0.3, -0.25) is 24.5 Å². The molecule has 13 atom stereocenters. The summed E-state index contributed by atoms with van der Waals surface area (Å²) in [6.07, 6.45) is -8.71. The van der Waals surface area contributed by atoms with Crippen LogP contribution in [0.4, 0.5) is 0 Å². The molecular formula is C50H58N4O13. The van der Waals surface area contributed by atoms with Crippen LogP contribution in [0.15, 0.2) is 121 Å². The van der Waals surface area contributed by atoms with E-state index in [1.54, 1.807) is 6.92 Å². The molecule has 4 N–H and O–H groups in total. The molecule has 4 aliphatic rings. The smallest absolute Gasteiger partial charge is 0.325 e. The first-order chi connectivity index (χ1) is 32.6. The van der Waals surface area contributed by atoms with Gasteiger partial charge in [-0.2, -0.15) is 0 Å². The zero-order valence-electron chi connectivity index (χ0n) is 37.6. The molecule has 356 valence electrons. The van der Waals surface area contributed by atoms with Gasteiger partial charge in [-0.05, 0) is 23.6 Å². The van der Waals surface area contributed by atoms with Crippen molar-refractivity contribution in [2.75, 3.05) is 19.8 Å². The average Bonchev–Trinajstić information content (AvgIpc) is 4.15. The SMILES string of the molecule is CCOC(=O)[C@H]1N[C@@H]1C(=O)N[C@@H]1O[C@H](COCc2ccccc2)[C@@H](O[C@@H]2O[C@@H]3CO[C@@H](c4ccccc4)O[C@H]3[C@H](OCc3ccccc3)[C@H]2NC(C)=O)[C@H](OCc2ccccc2)[C@H]1NC(C)=O. The largest absolute Gasteiger partial charge is 0.465 e. The van der Waals surface area contributed by atoms with E-state index in [-0.39, 0.29) is 45.5 Å². The lowest BCUT2D eigenvalue weighted by atomic mass is 9.93. The number of esters is 1. The summed E-state index contributed by atoms with van der Waals surface area (Å²) in [5.74, 6) is -1.94. The van der Waals surface area contributed by atoms with Crippen LogP contribution in [0.3, 0.4) is 0 Å². The fourth-order valence-corrected chi connectivity index (χ4v) is 8.59. The lowest BCUT2D eigenvalue weighted by Crippen LogP contribution is -2.72. The number of benzene rings is 4. The van der Waals surface area contributed by atoms with Gasteiger partial charge in [0.2, 0.25) is 17.7 Å². The van der Waals surface area contributed by atoms with Crippen LogP contribution in [0.25, 0.3) is 0 Å². The number of carbonyl (C=O) groups is 4. The summed E-state index contributed by atoms with van der Waals surface area (Å²) in [6.45, 7) is 5.01. The van der Waals surface area contributed by atoms with E-state index in [2.05, 4.69) is 21.3 Å². The second-order valence-corrected chi connectivity index (χ2v) is 16.8. The average molecular weight is 923 g/mol. The molecule has 67 heavy (non-hydrogen) atoms. The number of hydrogen-bond acceptors (Lipinski definition) is 14. The first-order valence-corrected chi connectivity index (χ1v) is 22.6. The molecule has 0 saturated carbocycles. The highest BCUT2D eigenvalue weighted by molar-refractivity contribution is 5.95. The van der Waals surface area contributed by atoms with Gasteiger partial charge >= 0.3 is 5.97 Å². The van der Waals surface area contributed by atoms with E-state index in [0.29, 0.717) is 0 Å². The molecule has 4 aromatic carbocycles.